The van der Waals surface area contributed by atoms with Crippen LogP contribution in [0.4, 0.5) is 0 Å². The molecule has 0 aliphatic heterocycles. The Morgan fingerprint density at radius 3 is 2.81 bits per heavy atom. The molecule has 110 valence electrons. The summed E-state index contributed by atoms with van der Waals surface area (Å²) < 4.78 is 0. The number of nitrogens with zero attached hydrogens (tertiary/aromatic N) is 2. The number of rotatable bonds is 5. The van der Waals surface area contributed by atoms with Gasteiger partial charge in [-0.1, -0.05) is 24.6 Å². The Kier molecular flexibility index (Phi) is 4.75. The summed E-state index contributed by atoms with van der Waals surface area (Å²) in [6.07, 6.45) is 2.26. The van der Waals surface area contributed by atoms with Crippen LogP contribution in [-0.2, 0) is 4.79 Å². The zero-order valence-electron chi connectivity index (χ0n) is 11.5. The number of fused-ring (bicyclic) bond motifs is 1. The van der Waals surface area contributed by atoms with Crippen LogP contribution in [0.15, 0.2) is 30.5 Å². The van der Waals surface area contributed by atoms with E-state index in [1.54, 1.807) is 18.3 Å². The summed E-state index contributed by atoms with van der Waals surface area (Å²) in [7, 11) is 0. The van der Waals surface area contributed by atoms with E-state index in [4.69, 9.17) is 16.7 Å². The normalized spacial score (nSPS) is 10.6. The van der Waals surface area contributed by atoms with Crippen LogP contribution in [0.5, 0.6) is 0 Å². The summed E-state index contributed by atoms with van der Waals surface area (Å²) in [4.78, 5) is 29.0. The monoisotopic (exact) mass is 306 g/mol. The van der Waals surface area contributed by atoms with Crippen molar-refractivity contribution in [1.29, 1.82) is 0 Å². The van der Waals surface area contributed by atoms with Crippen molar-refractivity contribution < 1.29 is 14.7 Å². The van der Waals surface area contributed by atoms with Gasteiger partial charge in [-0.15, -0.1) is 0 Å². The molecule has 2 rings (SSSR count). The minimum atomic E-state index is -1.05. The van der Waals surface area contributed by atoms with E-state index < -0.39 is 5.97 Å². The number of amides is 1. The third kappa shape index (κ3) is 3.49. The minimum Gasteiger partial charge on any atom is -0.480 e. The predicted octanol–water partition coefficient (Wildman–Crippen LogP) is 2.83. The number of benzene rings is 1. The van der Waals surface area contributed by atoms with E-state index in [0.717, 1.165) is 5.39 Å². The molecule has 0 saturated heterocycles. The molecule has 6 heteroatoms. The first-order valence-corrected chi connectivity index (χ1v) is 6.96. The van der Waals surface area contributed by atoms with Gasteiger partial charge in [0.2, 0.25) is 0 Å². The fraction of sp³-hybridized carbons (Fsp3) is 0.267. The van der Waals surface area contributed by atoms with Crippen molar-refractivity contribution in [3.63, 3.8) is 0 Å². The van der Waals surface area contributed by atoms with Crippen molar-refractivity contribution in [2.45, 2.75) is 13.3 Å². The molecule has 0 aliphatic carbocycles. The highest BCUT2D eigenvalue weighted by Crippen LogP contribution is 2.23. The summed E-state index contributed by atoms with van der Waals surface area (Å²) in [5.41, 5.74) is 0.853. The molecule has 21 heavy (non-hydrogen) atoms. The smallest absolute Gasteiger partial charge is 0.323 e. The standard InChI is InChI=1S/C15H15ClN2O3/c1-2-6-18(9-13(19)20)15(21)12-8-11(16)7-10-4-3-5-17-14(10)12/h3-5,7-8H,2,6,9H2,1H3,(H,19,20). The highest BCUT2D eigenvalue weighted by Gasteiger charge is 2.21. The van der Waals surface area contributed by atoms with Crippen molar-refractivity contribution in [3.8, 4) is 0 Å². The van der Waals surface area contributed by atoms with E-state index in [1.165, 1.54) is 11.0 Å². The molecular formula is C15H15ClN2O3. The molecule has 0 saturated carbocycles. The molecule has 2 aromatic rings. The van der Waals surface area contributed by atoms with Crippen LogP contribution < -0.4 is 0 Å². The third-order valence-corrected chi connectivity index (χ3v) is 3.23. The fourth-order valence-corrected chi connectivity index (χ4v) is 2.40. The van der Waals surface area contributed by atoms with Gasteiger partial charge in [-0.3, -0.25) is 14.6 Å². The highest BCUT2D eigenvalue weighted by atomic mass is 35.5. The van der Waals surface area contributed by atoms with Crippen LogP contribution in [0.25, 0.3) is 10.9 Å². The van der Waals surface area contributed by atoms with Gasteiger partial charge in [0.1, 0.15) is 6.54 Å². The Hall–Kier alpha value is -2.14. The number of carboxylic acids is 1. The Morgan fingerprint density at radius 1 is 1.38 bits per heavy atom. The molecule has 0 aliphatic rings. The van der Waals surface area contributed by atoms with Crippen molar-refractivity contribution in [3.05, 3.63) is 41.0 Å². The maximum atomic E-state index is 12.6. The van der Waals surface area contributed by atoms with E-state index in [9.17, 15) is 9.59 Å². The van der Waals surface area contributed by atoms with Crippen LogP contribution >= 0.6 is 11.6 Å². The average molecular weight is 307 g/mol. The summed E-state index contributed by atoms with van der Waals surface area (Å²) >= 11 is 6.04. The molecule has 1 aromatic heterocycles. The molecule has 0 bridgehead atoms. The van der Waals surface area contributed by atoms with Crippen molar-refractivity contribution in [1.82, 2.24) is 9.88 Å². The summed E-state index contributed by atoms with van der Waals surface area (Å²) in [6.45, 7) is 1.91. The third-order valence-electron chi connectivity index (χ3n) is 3.01. The highest BCUT2D eigenvalue weighted by molar-refractivity contribution is 6.32. The van der Waals surface area contributed by atoms with Crippen LogP contribution in [0.3, 0.4) is 0 Å². The van der Waals surface area contributed by atoms with Crippen molar-refractivity contribution in [2.24, 2.45) is 0 Å². The molecular weight excluding hydrogens is 292 g/mol. The molecule has 0 atom stereocenters. The Labute approximate surface area is 127 Å². The Morgan fingerprint density at radius 2 is 2.14 bits per heavy atom. The quantitative estimate of drug-likeness (QED) is 0.922. The number of carbonyl (C=O) groups is 2. The Bertz CT molecular complexity index is 688. The molecule has 0 radical (unpaired) electrons. The van der Waals surface area contributed by atoms with E-state index in [1.807, 2.05) is 13.0 Å². The molecule has 1 heterocycles. The van der Waals surface area contributed by atoms with Gasteiger partial charge >= 0.3 is 5.97 Å². The predicted molar refractivity (Wildman–Crippen MR) is 80.6 cm³/mol. The van der Waals surface area contributed by atoms with Gasteiger partial charge in [0.15, 0.2) is 0 Å². The second-order valence-corrected chi connectivity index (χ2v) is 5.09. The topological polar surface area (TPSA) is 70.5 Å². The van der Waals surface area contributed by atoms with Crippen LogP contribution in [0.1, 0.15) is 23.7 Å². The number of halogens is 1. The number of hydrogen-bond donors (Lipinski definition) is 1. The summed E-state index contributed by atoms with van der Waals surface area (Å²) in [5, 5.41) is 10.1. The summed E-state index contributed by atoms with van der Waals surface area (Å²) in [5.74, 6) is -1.42. The largest absolute Gasteiger partial charge is 0.480 e. The molecule has 0 unspecified atom stereocenters. The molecule has 5 nitrogen and oxygen atoms in total. The van der Waals surface area contributed by atoms with E-state index in [-0.39, 0.29) is 12.5 Å². The zero-order valence-corrected chi connectivity index (χ0v) is 12.3. The fourth-order valence-electron chi connectivity index (χ4n) is 2.17. The molecule has 0 spiro atoms. The lowest BCUT2D eigenvalue weighted by Gasteiger charge is -2.20. The first-order valence-electron chi connectivity index (χ1n) is 6.58. The van der Waals surface area contributed by atoms with Gasteiger partial charge in [-0.05, 0) is 24.6 Å². The number of pyridine rings is 1. The van der Waals surface area contributed by atoms with Crippen LogP contribution in [-0.4, -0.2) is 40.0 Å². The van der Waals surface area contributed by atoms with Crippen molar-refractivity contribution >= 4 is 34.4 Å². The van der Waals surface area contributed by atoms with Crippen LogP contribution in [0.2, 0.25) is 5.02 Å². The van der Waals surface area contributed by atoms with E-state index >= 15 is 0 Å². The van der Waals surface area contributed by atoms with Crippen molar-refractivity contribution in [2.75, 3.05) is 13.1 Å². The first-order chi connectivity index (χ1) is 10.0. The molecule has 0 fully saturated rings. The number of hydrogen-bond acceptors (Lipinski definition) is 3. The number of carbonyl (C=O) groups excluding carboxylic acids is 1. The minimum absolute atomic E-state index is 0.327. The van der Waals surface area contributed by atoms with Gasteiger partial charge < -0.3 is 10.0 Å². The lowest BCUT2D eigenvalue weighted by molar-refractivity contribution is -0.137. The first kappa shape index (κ1) is 15.3. The number of carboxylic acid groups (broad SMARTS) is 1. The summed E-state index contributed by atoms with van der Waals surface area (Å²) in [6, 6.07) is 6.83. The zero-order chi connectivity index (χ0) is 15.4. The second-order valence-electron chi connectivity index (χ2n) is 4.65. The van der Waals surface area contributed by atoms with Gasteiger partial charge in [0, 0.05) is 23.2 Å². The van der Waals surface area contributed by atoms with E-state index in [0.29, 0.717) is 29.1 Å². The number of aliphatic carboxylic acids is 1. The molecule has 1 aromatic carbocycles. The molecule has 1 N–H and O–H groups in total. The number of aromatic nitrogens is 1. The lowest BCUT2D eigenvalue weighted by Crippen LogP contribution is -2.36. The maximum absolute atomic E-state index is 12.6. The van der Waals surface area contributed by atoms with E-state index in [2.05, 4.69) is 4.98 Å². The second kappa shape index (κ2) is 6.54. The Balaban J connectivity index is 2.48. The SMILES string of the molecule is CCCN(CC(=O)O)C(=O)c1cc(Cl)cc2cccnc12. The lowest BCUT2D eigenvalue weighted by atomic mass is 10.1. The molecule has 1 amide bonds. The average Bonchev–Trinajstić information content (AvgIpc) is 2.44. The van der Waals surface area contributed by atoms with Gasteiger partial charge in [-0.2, -0.15) is 0 Å². The van der Waals surface area contributed by atoms with Crippen LogP contribution in [0, 0.1) is 0 Å². The van der Waals surface area contributed by atoms with Gasteiger partial charge in [0.05, 0.1) is 11.1 Å². The maximum Gasteiger partial charge on any atom is 0.323 e. The van der Waals surface area contributed by atoms with Gasteiger partial charge in [-0.25, -0.2) is 0 Å². The van der Waals surface area contributed by atoms with Gasteiger partial charge in [0.25, 0.3) is 5.91 Å².